The minimum atomic E-state index is 0.117. The summed E-state index contributed by atoms with van der Waals surface area (Å²) in [5.41, 5.74) is 8.09. The SMILES string of the molecule is Nc1ccc(CC(=O)N(Cc2ccncc2)C2CC2)nc1. The zero-order chi connectivity index (χ0) is 14.7. The Balaban J connectivity index is 1.69. The molecule has 0 radical (unpaired) electrons. The molecule has 0 aromatic carbocycles. The van der Waals surface area contributed by atoms with Gasteiger partial charge >= 0.3 is 0 Å². The van der Waals surface area contributed by atoms with Crippen LogP contribution in [-0.4, -0.2) is 26.8 Å². The average molecular weight is 282 g/mol. The van der Waals surface area contributed by atoms with Gasteiger partial charge in [-0.15, -0.1) is 0 Å². The van der Waals surface area contributed by atoms with Crippen LogP contribution < -0.4 is 5.73 Å². The molecule has 1 fully saturated rings. The number of anilines is 1. The van der Waals surface area contributed by atoms with E-state index in [9.17, 15) is 4.79 Å². The highest BCUT2D eigenvalue weighted by Crippen LogP contribution is 2.28. The highest BCUT2D eigenvalue weighted by Gasteiger charge is 2.32. The van der Waals surface area contributed by atoms with Crippen molar-refractivity contribution in [2.75, 3.05) is 5.73 Å². The summed E-state index contributed by atoms with van der Waals surface area (Å²) in [5.74, 6) is 0.117. The Labute approximate surface area is 123 Å². The van der Waals surface area contributed by atoms with Crippen LogP contribution >= 0.6 is 0 Å². The number of nitrogen functional groups attached to an aromatic ring is 1. The van der Waals surface area contributed by atoms with E-state index in [2.05, 4.69) is 9.97 Å². The van der Waals surface area contributed by atoms with Crippen LogP contribution in [-0.2, 0) is 17.8 Å². The molecule has 1 amide bonds. The maximum atomic E-state index is 12.5. The first-order chi connectivity index (χ1) is 10.2. The van der Waals surface area contributed by atoms with Gasteiger partial charge < -0.3 is 10.6 Å². The Bertz CT molecular complexity index is 608. The predicted molar refractivity (Wildman–Crippen MR) is 80.2 cm³/mol. The van der Waals surface area contributed by atoms with Crippen molar-refractivity contribution in [3.05, 3.63) is 54.1 Å². The van der Waals surface area contributed by atoms with Gasteiger partial charge in [-0.05, 0) is 42.7 Å². The number of hydrogen-bond donors (Lipinski definition) is 1. The Morgan fingerprint density at radius 2 is 2.00 bits per heavy atom. The largest absolute Gasteiger partial charge is 0.397 e. The summed E-state index contributed by atoms with van der Waals surface area (Å²) in [6, 6.07) is 7.86. The van der Waals surface area contributed by atoms with Gasteiger partial charge in [-0.25, -0.2) is 0 Å². The second-order valence-electron chi connectivity index (χ2n) is 5.37. The summed E-state index contributed by atoms with van der Waals surface area (Å²) in [6.07, 6.45) is 7.60. The fourth-order valence-corrected chi connectivity index (χ4v) is 2.29. The minimum absolute atomic E-state index is 0.117. The second-order valence-corrected chi connectivity index (χ2v) is 5.37. The van der Waals surface area contributed by atoms with E-state index in [1.807, 2.05) is 23.1 Å². The van der Waals surface area contributed by atoms with E-state index in [0.717, 1.165) is 24.1 Å². The molecule has 2 N–H and O–H groups in total. The molecule has 2 aromatic rings. The third kappa shape index (κ3) is 3.56. The molecule has 1 aliphatic carbocycles. The van der Waals surface area contributed by atoms with Crippen LogP contribution in [0.1, 0.15) is 24.1 Å². The monoisotopic (exact) mass is 282 g/mol. The molecule has 0 spiro atoms. The van der Waals surface area contributed by atoms with Crippen LogP contribution in [0, 0.1) is 0 Å². The number of nitrogens with two attached hydrogens (primary N) is 1. The Hall–Kier alpha value is -2.43. The van der Waals surface area contributed by atoms with Crippen LogP contribution in [0.3, 0.4) is 0 Å². The molecule has 5 nitrogen and oxygen atoms in total. The molecule has 0 atom stereocenters. The summed E-state index contributed by atoms with van der Waals surface area (Å²) in [5, 5.41) is 0. The van der Waals surface area contributed by atoms with Crippen molar-refractivity contribution in [1.29, 1.82) is 0 Å². The number of nitrogens with zero attached hydrogens (tertiary/aromatic N) is 3. The van der Waals surface area contributed by atoms with Crippen molar-refractivity contribution in [3.8, 4) is 0 Å². The van der Waals surface area contributed by atoms with E-state index >= 15 is 0 Å². The number of amides is 1. The van der Waals surface area contributed by atoms with Crippen LogP contribution in [0.2, 0.25) is 0 Å². The number of carbonyl (C=O) groups excluding carboxylic acids is 1. The third-order valence-electron chi connectivity index (χ3n) is 3.59. The second kappa shape index (κ2) is 5.91. The van der Waals surface area contributed by atoms with Crippen LogP contribution in [0.5, 0.6) is 0 Å². The van der Waals surface area contributed by atoms with Crippen molar-refractivity contribution < 1.29 is 4.79 Å². The van der Waals surface area contributed by atoms with E-state index < -0.39 is 0 Å². The fraction of sp³-hybridized carbons (Fsp3) is 0.312. The lowest BCUT2D eigenvalue weighted by Crippen LogP contribution is -2.34. The first-order valence-corrected chi connectivity index (χ1v) is 7.11. The molecule has 1 aliphatic rings. The van der Waals surface area contributed by atoms with Crippen molar-refractivity contribution in [1.82, 2.24) is 14.9 Å². The zero-order valence-corrected chi connectivity index (χ0v) is 11.8. The summed E-state index contributed by atoms with van der Waals surface area (Å²) < 4.78 is 0. The molecule has 3 rings (SSSR count). The van der Waals surface area contributed by atoms with E-state index in [4.69, 9.17) is 5.73 Å². The smallest absolute Gasteiger partial charge is 0.229 e. The highest BCUT2D eigenvalue weighted by atomic mass is 16.2. The normalized spacial score (nSPS) is 13.9. The maximum absolute atomic E-state index is 12.5. The van der Waals surface area contributed by atoms with Crippen molar-refractivity contribution in [3.63, 3.8) is 0 Å². The van der Waals surface area contributed by atoms with Gasteiger partial charge in [0.25, 0.3) is 0 Å². The Kier molecular flexibility index (Phi) is 3.81. The van der Waals surface area contributed by atoms with Crippen LogP contribution in [0.4, 0.5) is 5.69 Å². The molecule has 0 unspecified atom stereocenters. The first-order valence-electron chi connectivity index (χ1n) is 7.11. The number of hydrogen-bond acceptors (Lipinski definition) is 4. The van der Waals surface area contributed by atoms with E-state index in [-0.39, 0.29) is 5.91 Å². The van der Waals surface area contributed by atoms with E-state index in [1.165, 1.54) is 0 Å². The number of aromatic nitrogens is 2. The highest BCUT2D eigenvalue weighted by molar-refractivity contribution is 5.79. The summed E-state index contributed by atoms with van der Waals surface area (Å²) in [7, 11) is 0. The molecular formula is C16H18N4O. The maximum Gasteiger partial charge on any atom is 0.229 e. The Morgan fingerprint density at radius 1 is 1.24 bits per heavy atom. The minimum Gasteiger partial charge on any atom is -0.397 e. The summed E-state index contributed by atoms with van der Waals surface area (Å²) >= 11 is 0. The van der Waals surface area contributed by atoms with Crippen molar-refractivity contribution in [2.24, 2.45) is 0 Å². The third-order valence-corrected chi connectivity index (χ3v) is 3.59. The average Bonchev–Trinajstić information content (AvgIpc) is 3.33. The van der Waals surface area contributed by atoms with E-state index in [1.54, 1.807) is 24.7 Å². The van der Waals surface area contributed by atoms with Gasteiger partial charge in [0.05, 0.1) is 18.3 Å². The van der Waals surface area contributed by atoms with Crippen molar-refractivity contribution in [2.45, 2.75) is 31.8 Å². The lowest BCUT2D eigenvalue weighted by atomic mass is 10.2. The van der Waals surface area contributed by atoms with E-state index in [0.29, 0.717) is 24.7 Å². The molecule has 108 valence electrons. The standard InChI is InChI=1S/C16H18N4O/c17-13-1-2-14(19-10-13)9-16(21)20(15-3-4-15)11-12-5-7-18-8-6-12/h1-2,5-8,10,15H,3-4,9,11,17H2. The van der Waals surface area contributed by atoms with Crippen molar-refractivity contribution >= 4 is 11.6 Å². The molecule has 2 aromatic heterocycles. The molecule has 1 saturated carbocycles. The van der Waals surface area contributed by atoms with Crippen LogP contribution in [0.25, 0.3) is 0 Å². The molecule has 2 heterocycles. The summed E-state index contributed by atoms with van der Waals surface area (Å²) in [6.45, 7) is 0.640. The number of rotatable bonds is 5. The molecule has 21 heavy (non-hydrogen) atoms. The Morgan fingerprint density at radius 3 is 2.62 bits per heavy atom. The summed E-state index contributed by atoms with van der Waals surface area (Å²) in [4.78, 5) is 22.7. The van der Waals surface area contributed by atoms with Gasteiger partial charge in [0.1, 0.15) is 0 Å². The molecular weight excluding hydrogens is 264 g/mol. The topological polar surface area (TPSA) is 72.1 Å². The number of carbonyl (C=O) groups is 1. The fourth-order valence-electron chi connectivity index (χ4n) is 2.29. The zero-order valence-electron chi connectivity index (χ0n) is 11.8. The molecule has 5 heteroatoms. The quantitative estimate of drug-likeness (QED) is 0.907. The van der Waals surface area contributed by atoms with Gasteiger partial charge in [0, 0.05) is 30.7 Å². The predicted octanol–water partition coefficient (Wildman–Crippen LogP) is 1.79. The lowest BCUT2D eigenvalue weighted by Gasteiger charge is -2.22. The van der Waals surface area contributed by atoms with Gasteiger partial charge in [-0.1, -0.05) is 0 Å². The van der Waals surface area contributed by atoms with Gasteiger partial charge in [0.15, 0.2) is 0 Å². The van der Waals surface area contributed by atoms with Gasteiger partial charge in [0.2, 0.25) is 5.91 Å². The van der Waals surface area contributed by atoms with Gasteiger partial charge in [-0.3, -0.25) is 14.8 Å². The number of pyridine rings is 2. The van der Waals surface area contributed by atoms with Crippen LogP contribution in [0.15, 0.2) is 42.9 Å². The first kappa shape index (κ1) is 13.5. The molecule has 0 saturated heterocycles. The molecule has 0 bridgehead atoms. The lowest BCUT2D eigenvalue weighted by molar-refractivity contribution is -0.131. The van der Waals surface area contributed by atoms with Gasteiger partial charge in [-0.2, -0.15) is 0 Å². The molecule has 0 aliphatic heterocycles.